The van der Waals surface area contributed by atoms with Gasteiger partial charge in [-0.2, -0.15) is 0 Å². The Bertz CT molecular complexity index is 736. The lowest BCUT2D eigenvalue weighted by molar-refractivity contribution is 0.347. The lowest BCUT2D eigenvalue weighted by atomic mass is 10.2. The van der Waals surface area contributed by atoms with E-state index in [4.69, 9.17) is 5.41 Å². The van der Waals surface area contributed by atoms with Crippen LogP contribution < -0.4 is 0 Å². The van der Waals surface area contributed by atoms with E-state index < -0.39 is 0 Å². The van der Waals surface area contributed by atoms with E-state index in [1.807, 2.05) is 12.3 Å². The number of aliphatic hydroxyl groups excluding tert-OH is 1. The van der Waals surface area contributed by atoms with Crippen molar-refractivity contribution in [2.75, 3.05) is 6.54 Å². The molecule has 2 aromatic rings. The molecule has 114 valence electrons. The minimum Gasteiger partial charge on any atom is -0.510 e. The predicted octanol–water partition coefficient (Wildman–Crippen LogP) is 3.61. The molecule has 0 fully saturated rings. The molecule has 2 heterocycles. The number of benzene rings is 1. The first-order valence-corrected chi connectivity index (χ1v) is 7.91. The second-order valence-corrected chi connectivity index (χ2v) is 6.01. The Labute approximate surface area is 132 Å². The molecule has 6 heteroatoms. The van der Waals surface area contributed by atoms with Gasteiger partial charge in [-0.15, -0.1) is 11.3 Å². The van der Waals surface area contributed by atoms with E-state index in [-0.39, 0.29) is 24.0 Å². The second-order valence-electron chi connectivity index (χ2n) is 5.15. The van der Waals surface area contributed by atoms with Crippen LogP contribution in [-0.4, -0.2) is 27.4 Å². The standard InChI is InChI=1S/C16H16FN3OS/c1-2-12-9-22-16(19-12)14-13(21)8-20(15(14)18)7-10-3-5-11(17)6-4-10/h3-6,9,18,21H,2,7-8H2,1H3. The fraction of sp³-hybridized carbons (Fsp3) is 0.250. The highest BCUT2D eigenvalue weighted by Gasteiger charge is 2.30. The van der Waals surface area contributed by atoms with Crippen LogP contribution in [-0.2, 0) is 13.0 Å². The van der Waals surface area contributed by atoms with Crippen molar-refractivity contribution in [3.63, 3.8) is 0 Å². The SMILES string of the molecule is CCc1csc(C2=C(O)CN(Cc3ccc(F)cc3)C2=N)n1. The van der Waals surface area contributed by atoms with Gasteiger partial charge in [0.2, 0.25) is 0 Å². The number of rotatable bonds is 4. The fourth-order valence-electron chi connectivity index (χ4n) is 2.39. The molecule has 0 bridgehead atoms. The highest BCUT2D eigenvalue weighted by Crippen LogP contribution is 2.30. The Morgan fingerprint density at radius 3 is 2.73 bits per heavy atom. The normalized spacial score (nSPS) is 15.0. The Hall–Kier alpha value is -2.21. The van der Waals surface area contributed by atoms with Gasteiger partial charge >= 0.3 is 0 Å². The summed E-state index contributed by atoms with van der Waals surface area (Å²) in [6.45, 7) is 2.76. The van der Waals surface area contributed by atoms with Crippen LogP contribution in [0.15, 0.2) is 35.4 Å². The molecule has 0 radical (unpaired) electrons. The zero-order valence-electron chi connectivity index (χ0n) is 12.1. The van der Waals surface area contributed by atoms with Crippen LogP contribution in [0.25, 0.3) is 5.57 Å². The van der Waals surface area contributed by atoms with Gasteiger partial charge in [-0.1, -0.05) is 19.1 Å². The van der Waals surface area contributed by atoms with Crippen molar-refractivity contribution in [2.24, 2.45) is 0 Å². The minimum absolute atomic E-state index is 0.170. The zero-order valence-corrected chi connectivity index (χ0v) is 13.0. The molecule has 0 amide bonds. The number of hydrogen-bond donors (Lipinski definition) is 2. The summed E-state index contributed by atoms with van der Waals surface area (Å²) in [6.07, 6.45) is 0.831. The van der Waals surface area contributed by atoms with Crippen LogP contribution in [0.2, 0.25) is 0 Å². The Kier molecular flexibility index (Phi) is 3.94. The van der Waals surface area contributed by atoms with Gasteiger partial charge in [0, 0.05) is 11.9 Å². The molecule has 2 N–H and O–H groups in total. The molecule has 1 aromatic carbocycles. The fourth-order valence-corrected chi connectivity index (χ4v) is 3.36. The van der Waals surface area contributed by atoms with Crippen LogP contribution in [0.3, 0.4) is 0 Å². The first-order chi connectivity index (χ1) is 10.6. The quantitative estimate of drug-likeness (QED) is 0.905. The van der Waals surface area contributed by atoms with Crippen LogP contribution >= 0.6 is 11.3 Å². The van der Waals surface area contributed by atoms with Gasteiger partial charge < -0.3 is 10.0 Å². The monoisotopic (exact) mass is 317 g/mol. The van der Waals surface area contributed by atoms with E-state index in [9.17, 15) is 9.50 Å². The van der Waals surface area contributed by atoms with E-state index in [1.54, 1.807) is 17.0 Å². The van der Waals surface area contributed by atoms with Gasteiger partial charge in [-0.3, -0.25) is 5.41 Å². The molecular weight excluding hydrogens is 301 g/mol. The summed E-state index contributed by atoms with van der Waals surface area (Å²) in [6, 6.07) is 6.18. The number of aryl methyl sites for hydroxylation is 1. The summed E-state index contributed by atoms with van der Waals surface area (Å²) in [5.74, 6) is 0.153. The van der Waals surface area contributed by atoms with Crippen molar-refractivity contribution in [3.8, 4) is 0 Å². The van der Waals surface area contributed by atoms with Crippen LogP contribution in [0.1, 0.15) is 23.2 Å². The maximum absolute atomic E-state index is 12.9. The Balaban J connectivity index is 1.79. The molecule has 1 aliphatic heterocycles. The van der Waals surface area contributed by atoms with Crippen molar-refractivity contribution in [3.05, 3.63) is 57.5 Å². The molecule has 1 aromatic heterocycles. The van der Waals surface area contributed by atoms with E-state index >= 15 is 0 Å². The smallest absolute Gasteiger partial charge is 0.135 e. The maximum atomic E-state index is 12.9. The van der Waals surface area contributed by atoms with Crippen molar-refractivity contribution >= 4 is 22.7 Å². The Morgan fingerprint density at radius 2 is 2.09 bits per heavy atom. The lowest BCUT2D eigenvalue weighted by Crippen LogP contribution is -2.26. The third-order valence-electron chi connectivity index (χ3n) is 3.60. The van der Waals surface area contributed by atoms with E-state index in [2.05, 4.69) is 4.98 Å². The summed E-state index contributed by atoms with van der Waals surface area (Å²) in [7, 11) is 0. The first kappa shape index (κ1) is 14.7. The second kappa shape index (κ2) is 5.88. The van der Waals surface area contributed by atoms with Crippen LogP contribution in [0.5, 0.6) is 0 Å². The van der Waals surface area contributed by atoms with Crippen molar-refractivity contribution in [1.82, 2.24) is 9.88 Å². The number of aromatic nitrogens is 1. The van der Waals surface area contributed by atoms with Crippen LogP contribution in [0.4, 0.5) is 4.39 Å². The molecule has 0 unspecified atom stereocenters. The summed E-state index contributed by atoms with van der Waals surface area (Å²) >= 11 is 1.44. The third kappa shape index (κ3) is 2.74. The number of amidine groups is 1. The predicted molar refractivity (Wildman–Crippen MR) is 85.6 cm³/mol. The summed E-state index contributed by atoms with van der Waals surface area (Å²) in [5, 5.41) is 21.1. The lowest BCUT2D eigenvalue weighted by Gasteiger charge is -2.18. The molecule has 0 saturated heterocycles. The van der Waals surface area contributed by atoms with Gasteiger partial charge in [-0.05, 0) is 24.1 Å². The molecule has 3 rings (SSSR count). The van der Waals surface area contributed by atoms with Gasteiger partial charge in [-0.25, -0.2) is 9.37 Å². The average molecular weight is 317 g/mol. The molecule has 0 spiro atoms. The topological polar surface area (TPSA) is 60.2 Å². The molecule has 0 saturated carbocycles. The van der Waals surface area contributed by atoms with Gasteiger partial charge in [0.15, 0.2) is 0 Å². The molecule has 1 aliphatic rings. The number of halogens is 1. The highest BCUT2D eigenvalue weighted by molar-refractivity contribution is 7.11. The number of aliphatic hydroxyl groups is 1. The average Bonchev–Trinajstić information content (AvgIpc) is 3.07. The van der Waals surface area contributed by atoms with Crippen molar-refractivity contribution < 1.29 is 9.50 Å². The van der Waals surface area contributed by atoms with Crippen molar-refractivity contribution in [2.45, 2.75) is 19.9 Å². The van der Waals surface area contributed by atoms with Gasteiger partial charge in [0.05, 0.1) is 17.8 Å². The molecule has 0 aliphatic carbocycles. The van der Waals surface area contributed by atoms with Crippen molar-refractivity contribution in [1.29, 1.82) is 5.41 Å². The number of hydrogen-bond acceptors (Lipinski definition) is 4. The number of thiazole rings is 1. The summed E-state index contributed by atoms with van der Waals surface area (Å²) in [4.78, 5) is 6.20. The molecule has 22 heavy (non-hydrogen) atoms. The number of nitrogens with zero attached hydrogens (tertiary/aromatic N) is 2. The van der Waals surface area contributed by atoms with Gasteiger partial charge in [0.25, 0.3) is 0 Å². The van der Waals surface area contributed by atoms with Crippen LogP contribution in [0, 0.1) is 11.2 Å². The minimum atomic E-state index is -0.281. The highest BCUT2D eigenvalue weighted by atomic mass is 32.1. The maximum Gasteiger partial charge on any atom is 0.135 e. The summed E-state index contributed by atoms with van der Waals surface area (Å²) in [5.41, 5.74) is 2.37. The van der Waals surface area contributed by atoms with E-state index in [1.165, 1.54) is 23.5 Å². The molecule has 0 atom stereocenters. The van der Waals surface area contributed by atoms with Gasteiger partial charge in [0.1, 0.15) is 22.4 Å². The van der Waals surface area contributed by atoms with E-state index in [0.29, 0.717) is 17.1 Å². The number of nitrogens with one attached hydrogen (secondary N) is 1. The molecular formula is C16H16FN3OS. The molecule has 4 nitrogen and oxygen atoms in total. The zero-order chi connectivity index (χ0) is 15.7. The van der Waals surface area contributed by atoms with E-state index in [0.717, 1.165) is 17.7 Å². The first-order valence-electron chi connectivity index (χ1n) is 7.03. The Morgan fingerprint density at radius 1 is 1.36 bits per heavy atom. The third-order valence-corrected chi connectivity index (χ3v) is 4.51. The summed E-state index contributed by atoms with van der Waals surface area (Å²) < 4.78 is 12.9. The largest absolute Gasteiger partial charge is 0.510 e.